The SMILES string of the molecule is CC[C@H](C)NC(=O)[C@@H](Cc1ccccc1)N(Cc1ccc(C)cc1)C(=O)CCCN(c1ccc(Cl)cc1)S(C)(=O)=O. The Morgan fingerprint density at radius 2 is 1.56 bits per heavy atom. The fraction of sp³-hybridized carbons (Fsp3) is 0.375. The summed E-state index contributed by atoms with van der Waals surface area (Å²) in [5.41, 5.74) is 3.45. The van der Waals surface area contributed by atoms with Gasteiger partial charge in [-0.3, -0.25) is 13.9 Å². The number of aryl methyl sites for hydroxylation is 1. The van der Waals surface area contributed by atoms with Gasteiger partial charge in [0.2, 0.25) is 21.8 Å². The van der Waals surface area contributed by atoms with E-state index >= 15 is 0 Å². The van der Waals surface area contributed by atoms with Crippen LogP contribution in [0.25, 0.3) is 0 Å². The summed E-state index contributed by atoms with van der Waals surface area (Å²) in [5, 5.41) is 3.57. The topological polar surface area (TPSA) is 86.8 Å². The zero-order valence-electron chi connectivity index (χ0n) is 24.2. The van der Waals surface area contributed by atoms with Crippen molar-refractivity contribution in [3.05, 3.63) is 101 Å². The first kappa shape index (κ1) is 32.2. The van der Waals surface area contributed by atoms with Crippen molar-refractivity contribution in [1.82, 2.24) is 10.2 Å². The molecule has 220 valence electrons. The fourth-order valence-corrected chi connectivity index (χ4v) is 5.59. The molecule has 7 nitrogen and oxygen atoms in total. The van der Waals surface area contributed by atoms with Crippen LogP contribution in [-0.2, 0) is 32.6 Å². The molecule has 0 aliphatic heterocycles. The quantitative estimate of drug-likeness (QED) is 0.256. The van der Waals surface area contributed by atoms with Gasteiger partial charge in [-0.2, -0.15) is 0 Å². The van der Waals surface area contributed by atoms with Gasteiger partial charge < -0.3 is 10.2 Å². The highest BCUT2D eigenvalue weighted by Gasteiger charge is 2.31. The fourth-order valence-electron chi connectivity index (χ4n) is 4.50. The third-order valence-electron chi connectivity index (χ3n) is 7.01. The highest BCUT2D eigenvalue weighted by Crippen LogP contribution is 2.22. The molecule has 3 aromatic rings. The third-order valence-corrected chi connectivity index (χ3v) is 8.46. The molecule has 0 aliphatic carbocycles. The number of carbonyl (C=O) groups is 2. The van der Waals surface area contributed by atoms with Crippen LogP contribution in [0.3, 0.4) is 0 Å². The molecule has 0 aliphatic rings. The largest absolute Gasteiger partial charge is 0.352 e. The second-order valence-electron chi connectivity index (χ2n) is 10.4. The van der Waals surface area contributed by atoms with Gasteiger partial charge in [-0.25, -0.2) is 8.42 Å². The van der Waals surface area contributed by atoms with E-state index in [1.807, 2.05) is 75.4 Å². The Hall–Kier alpha value is -3.36. The molecule has 3 rings (SSSR count). The number of benzene rings is 3. The molecular weight excluding hydrogens is 558 g/mol. The first-order valence-corrected chi connectivity index (χ1v) is 16.1. The van der Waals surface area contributed by atoms with Crippen molar-refractivity contribution in [3.8, 4) is 0 Å². The number of anilines is 1. The predicted molar refractivity (Wildman–Crippen MR) is 166 cm³/mol. The number of hydrogen-bond donors (Lipinski definition) is 1. The van der Waals surface area contributed by atoms with Gasteiger partial charge in [0, 0.05) is 37.0 Å². The molecule has 0 aromatic heterocycles. The molecule has 2 atom stereocenters. The third kappa shape index (κ3) is 9.90. The van der Waals surface area contributed by atoms with Crippen molar-refractivity contribution in [1.29, 1.82) is 0 Å². The van der Waals surface area contributed by atoms with E-state index in [-0.39, 0.29) is 43.8 Å². The van der Waals surface area contributed by atoms with Crippen molar-refractivity contribution >= 4 is 39.1 Å². The van der Waals surface area contributed by atoms with Gasteiger partial charge in [0.05, 0.1) is 11.9 Å². The van der Waals surface area contributed by atoms with Crippen LogP contribution in [0.2, 0.25) is 5.02 Å². The van der Waals surface area contributed by atoms with E-state index in [0.717, 1.165) is 29.4 Å². The molecule has 0 radical (unpaired) electrons. The Morgan fingerprint density at radius 3 is 2.15 bits per heavy atom. The molecule has 0 spiro atoms. The van der Waals surface area contributed by atoms with Crippen LogP contribution in [0.15, 0.2) is 78.9 Å². The number of amides is 2. The average Bonchev–Trinajstić information content (AvgIpc) is 2.94. The number of rotatable bonds is 14. The van der Waals surface area contributed by atoms with Gasteiger partial charge >= 0.3 is 0 Å². The Kier molecular flexibility index (Phi) is 11.8. The maximum atomic E-state index is 13.9. The van der Waals surface area contributed by atoms with Crippen LogP contribution in [0.1, 0.15) is 49.8 Å². The lowest BCUT2D eigenvalue weighted by Crippen LogP contribution is -2.52. The van der Waals surface area contributed by atoms with E-state index in [0.29, 0.717) is 17.1 Å². The van der Waals surface area contributed by atoms with Crippen LogP contribution >= 0.6 is 11.6 Å². The molecule has 0 saturated heterocycles. The Morgan fingerprint density at radius 1 is 0.927 bits per heavy atom. The molecule has 0 saturated carbocycles. The second-order valence-corrected chi connectivity index (χ2v) is 12.8. The molecular formula is C32H40ClN3O4S. The van der Waals surface area contributed by atoms with Crippen LogP contribution in [-0.4, -0.2) is 50.0 Å². The molecule has 0 fully saturated rings. The van der Waals surface area contributed by atoms with Gasteiger partial charge in [-0.1, -0.05) is 78.7 Å². The van der Waals surface area contributed by atoms with Crippen molar-refractivity contribution in [3.63, 3.8) is 0 Å². The van der Waals surface area contributed by atoms with Crippen LogP contribution < -0.4 is 9.62 Å². The molecule has 2 amide bonds. The monoisotopic (exact) mass is 597 g/mol. The summed E-state index contributed by atoms with van der Waals surface area (Å²) in [6, 6.07) is 23.3. The van der Waals surface area contributed by atoms with E-state index in [9.17, 15) is 18.0 Å². The highest BCUT2D eigenvalue weighted by molar-refractivity contribution is 7.92. The summed E-state index contributed by atoms with van der Waals surface area (Å²) < 4.78 is 26.4. The lowest BCUT2D eigenvalue weighted by Gasteiger charge is -2.32. The maximum absolute atomic E-state index is 13.9. The maximum Gasteiger partial charge on any atom is 0.243 e. The van der Waals surface area contributed by atoms with Gasteiger partial charge in [0.15, 0.2) is 0 Å². The molecule has 9 heteroatoms. The minimum Gasteiger partial charge on any atom is -0.352 e. The van der Waals surface area contributed by atoms with Crippen molar-refractivity contribution < 1.29 is 18.0 Å². The number of carbonyl (C=O) groups excluding carboxylic acids is 2. The second kappa shape index (κ2) is 15.0. The summed E-state index contributed by atoms with van der Waals surface area (Å²) in [6.45, 7) is 6.32. The average molecular weight is 598 g/mol. The first-order chi connectivity index (χ1) is 19.5. The molecule has 41 heavy (non-hydrogen) atoms. The summed E-state index contributed by atoms with van der Waals surface area (Å²) in [5.74, 6) is -0.419. The minimum atomic E-state index is -3.59. The van der Waals surface area contributed by atoms with E-state index in [2.05, 4.69) is 5.32 Å². The summed E-state index contributed by atoms with van der Waals surface area (Å²) >= 11 is 5.99. The van der Waals surface area contributed by atoms with Crippen LogP contribution in [0, 0.1) is 6.92 Å². The Balaban J connectivity index is 1.88. The lowest BCUT2D eigenvalue weighted by molar-refractivity contribution is -0.141. The highest BCUT2D eigenvalue weighted by atomic mass is 35.5. The summed E-state index contributed by atoms with van der Waals surface area (Å²) in [4.78, 5) is 29.1. The molecule has 1 N–H and O–H groups in total. The number of nitrogens with one attached hydrogen (secondary N) is 1. The van der Waals surface area contributed by atoms with Crippen molar-refractivity contribution in [2.24, 2.45) is 0 Å². The van der Waals surface area contributed by atoms with Gasteiger partial charge in [0.1, 0.15) is 6.04 Å². The first-order valence-electron chi connectivity index (χ1n) is 13.9. The normalized spacial score (nSPS) is 12.8. The molecule has 0 unspecified atom stereocenters. The summed E-state index contributed by atoms with van der Waals surface area (Å²) in [6.07, 6.45) is 2.63. The lowest BCUT2D eigenvalue weighted by atomic mass is 10.0. The van der Waals surface area contributed by atoms with E-state index in [4.69, 9.17) is 11.6 Å². The smallest absolute Gasteiger partial charge is 0.243 e. The minimum absolute atomic E-state index is 0.0419. The number of sulfonamides is 1. The number of halogens is 1. The van der Waals surface area contributed by atoms with E-state index in [1.54, 1.807) is 29.2 Å². The zero-order valence-corrected chi connectivity index (χ0v) is 25.8. The van der Waals surface area contributed by atoms with Crippen molar-refractivity contribution in [2.45, 2.75) is 65.1 Å². The molecule has 0 heterocycles. The predicted octanol–water partition coefficient (Wildman–Crippen LogP) is 5.75. The van der Waals surface area contributed by atoms with E-state index < -0.39 is 16.1 Å². The van der Waals surface area contributed by atoms with Gasteiger partial charge in [0.25, 0.3) is 0 Å². The standard InChI is InChI=1S/C32H40ClN3O4S/c1-5-25(3)34-32(38)30(22-26-10-7-6-8-11-26)35(23-27-15-13-24(2)14-16-27)31(37)12-9-21-36(41(4,39)40)29-19-17-28(33)18-20-29/h6-8,10-11,13-20,25,30H,5,9,12,21-23H2,1-4H3,(H,34,38)/t25-,30+/m0/s1. The van der Waals surface area contributed by atoms with Gasteiger partial charge in [-0.15, -0.1) is 0 Å². The Bertz CT molecular complexity index is 1380. The number of nitrogens with zero attached hydrogens (tertiary/aromatic N) is 2. The Labute approximate surface area is 249 Å². The van der Waals surface area contributed by atoms with Gasteiger partial charge in [-0.05, 0) is 62.1 Å². The summed E-state index contributed by atoms with van der Waals surface area (Å²) in [7, 11) is -3.59. The molecule has 3 aromatic carbocycles. The van der Waals surface area contributed by atoms with Crippen LogP contribution in [0.5, 0.6) is 0 Å². The number of hydrogen-bond acceptors (Lipinski definition) is 4. The zero-order chi connectivity index (χ0) is 30.0. The molecule has 0 bridgehead atoms. The van der Waals surface area contributed by atoms with Crippen LogP contribution in [0.4, 0.5) is 5.69 Å². The van der Waals surface area contributed by atoms with Crippen molar-refractivity contribution in [2.75, 3.05) is 17.1 Å². The van der Waals surface area contributed by atoms with E-state index in [1.165, 1.54) is 4.31 Å².